The van der Waals surface area contributed by atoms with E-state index in [0.29, 0.717) is 11.4 Å². The van der Waals surface area contributed by atoms with E-state index in [9.17, 15) is 4.79 Å². The van der Waals surface area contributed by atoms with Crippen molar-refractivity contribution in [3.63, 3.8) is 0 Å². The maximum absolute atomic E-state index is 12.0. The van der Waals surface area contributed by atoms with Crippen LogP contribution < -0.4 is 20.1 Å². The highest BCUT2D eigenvalue weighted by Crippen LogP contribution is 2.22. The summed E-state index contributed by atoms with van der Waals surface area (Å²) in [5.74, 6) is 1.25. The molecule has 0 aliphatic carbocycles. The van der Waals surface area contributed by atoms with Gasteiger partial charge in [0.15, 0.2) is 6.61 Å². The van der Waals surface area contributed by atoms with Crippen molar-refractivity contribution in [2.75, 3.05) is 24.4 Å². The predicted octanol–water partition coefficient (Wildman–Crippen LogP) is 4.46. The summed E-state index contributed by atoms with van der Waals surface area (Å²) in [6.07, 6.45) is 0. The van der Waals surface area contributed by atoms with Crippen molar-refractivity contribution in [1.82, 2.24) is 0 Å². The van der Waals surface area contributed by atoms with Gasteiger partial charge in [0.1, 0.15) is 11.5 Å². The molecule has 0 aliphatic rings. The topological polar surface area (TPSA) is 59.6 Å². The minimum Gasteiger partial charge on any atom is -0.497 e. The average molecular weight is 348 g/mol. The molecule has 3 aromatic carbocycles. The third-order valence-corrected chi connectivity index (χ3v) is 3.64. The Morgan fingerprint density at radius 3 is 2.23 bits per heavy atom. The SMILES string of the molecule is COc1cccc(Nc2ccc(NC(=O)COc3ccccc3)cc2)c1. The highest BCUT2D eigenvalue weighted by molar-refractivity contribution is 5.92. The first-order valence-electron chi connectivity index (χ1n) is 8.22. The van der Waals surface area contributed by atoms with Crippen LogP contribution >= 0.6 is 0 Å². The molecule has 0 spiro atoms. The molecule has 3 rings (SSSR count). The number of hydrogen-bond donors (Lipinski definition) is 2. The Balaban J connectivity index is 1.53. The Bertz CT molecular complexity index is 849. The van der Waals surface area contributed by atoms with Crippen LogP contribution in [0.5, 0.6) is 11.5 Å². The number of amides is 1. The summed E-state index contributed by atoms with van der Waals surface area (Å²) in [7, 11) is 1.64. The predicted molar refractivity (Wildman–Crippen MR) is 103 cm³/mol. The lowest BCUT2D eigenvalue weighted by Gasteiger charge is -2.10. The molecule has 5 heteroatoms. The Hall–Kier alpha value is -3.47. The zero-order chi connectivity index (χ0) is 18.2. The molecule has 0 bridgehead atoms. The van der Waals surface area contributed by atoms with Gasteiger partial charge in [-0.25, -0.2) is 0 Å². The highest BCUT2D eigenvalue weighted by Gasteiger charge is 2.04. The van der Waals surface area contributed by atoms with Gasteiger partial charge in [0.2, 0.25) is 0 Å². The van der Waals surface area contributed by atoms with Crippen LogP contribution in [0.4, 0.5) is 17.1 Å². The quantitative estimate of drug-likeness (QED) is 0.662. The van der Waals surface area contributed by atoms with Crippen molar-refractivity contribution in [3.05, 3.63) is 78.9 Å². The first-order valence-corrected chi connectivity index (χ1v) is 8.22. The third kappa shape index (κ3) is 5.01. The summed E-state index contributed by atoms with van der Waals surface area (Å²) >= 11 is 0. The van der Waals surface area contributed by atoms with Crippen molar-refractivity contribution >= 4 is 23.0 Å². The Kier molecular flexibility index (Phi) is 5.72. The molecule has 2 N–H and O–H groups in total. The van der Waals surface area contributed by atoms with Gasteiger partial charge in [-0.05, 0) is 48.5 Å². The molecular weight excluding hydrogens is 328 g/mol. The highest BCUT2D eigenvalue weighted by atomic mass is 16.5. The van der Waals surface area contributed by atoms with E-state index in [2.05, 4.69) is 10.6 Å². The van der Waals surface area contributed by atoms with Crippen molar-refractivity contribution in [2.24, 2.45) is 0 Å². The van der Waals surface area contributed by atoms with Gasteiger partial charge in [-0.3, -0.25) is 4.79 Å². The first kappa shape index (κ1) is 17.4. The molecule has 0 unspecified atom stereocenters. The van der Waals surface area contributed by atoms with Crippen LogP contribution in [0.25, 0.3) is 0 Å². The van der Waals surface area contributed by atoms with Gasteiger partial charge in [-0.1, -0.05) is 24.3 Å². The number of para-hydroxylation sites is 1. The lowest BCUT2D eigenvalue weighted by atomic mass is 10.2. The molecule has 0 atom stereocenters. The maximum atomic E-state index is 12.0. The van der Waals surface area contributed by atoms with Gasteiger partial charge in [0.25, 0.3) is 5.91 Å². The number of hydrogen-bond acceptors (Lipinski definition) is 4. The fourth-order valence-corrected chi connectivity index (χ4v) is 2.37. The van der Waals surface area contributed by atoms with Crippen LogP contribution in [0, 0.1) is 0 Å². The molecule has 26 heavy (non-hydrogen) atoms. The van der Waals surface area contributed by atoms with Crippen LogP contribution in [0.15, 0.2) is 78.9 Å². The standard InChI is InChI=1S/C21H20N2O3/c1-25-20-9-5-6-18(14-20)22-16-10-12-17(13-11-16)23-21(24)15-26-19-7-3-2-4-8-19/h2-14,22H,15H2,1H3,(H,23,24). The summed E-state index contributed by atoms with van der Waals surface area (Å²) < 4.78 is 10.6. The van der Waals surface area contributed by atoms with E-state index in [1.165, 1.54) is 0 Å². The van der Waals surface area contributed by atoms with Crippen LogP contribution in [-0.2, 0) is 4.79 Å². The number of carbonyl (C=O) groups excluding carboxylic acids is 1. The molecule has 5 nitrogen and oxygen atoms in total. The van der Waals surface area contributed by atoms with Crippen molar-refractivity contribution in [3.8, 4) is 11.5 Å². The van der Waals surface area contributed by atoms with Crippen molar-refractivity contribution in [2.45, 2.75) is 0 Å². The fraction of sp³-hybridized carbons (Fsp3) is 0.0952. The van der Waals surface area contributed by atoms with Gasteiger partial charge in [0, 0.05) is 23.1 Å². The fourth-order valence-electron chi connectivity index (χ4n) is 2.37. The molecule has 0 fully saturated rings. The summed E-state index contributed by atoms with van der Waals surface area (Å²) in [5, 5.41) is 6.10. The average Bonchev–Trinajstić information content (AvgIpc) is 2.69. The Morgan fingerprint density at radius 2 is 1.50 bits per heavy atom. The number of rotatable bonds is 7. The Morgan fingerprint density at radius 1 is 0.808 bits per heavy atom. The number of carbonyl (C=O) groups is 1. The number of benzene rings is 3. The van der Waals surface area contributed by atoms with E-state index in [1.807, 2.05) is 78.9 Å². The van der Waals surface area contributed by atoms with Gasteiger partial charge in [-0.15, -0.1) is 0 Å². The van der Waals surface area contributed by atoms with Crippen molar-refractivity contribution < 1.29 is 14.3 Å². The molecule has 0 saturated heterocycles. The first-order chi connectivity index (χ1) is 12.7. The maximum Gasteiger partial charge on any atom is 0.262 e. The second-order valence-electron chi connectivity index (χ2n) is 5.58. The zero-order valence-electron chi connectivity index (χ0n) is 14.4. The van der Waals surface area contributed by atoms with Gasteiger partial charge in [0.05, 0.1) is 7.11 Å². The summed E-state index contributed by atoms with van der Waals surface area (Å²) in [6, 6.07) is 24.4. The van der Waals surface area contributed by atoms with E-state index >= 15 is 0 Å². The molecular formula is C21H20N2O3. The second kappa shape index (κ2) is 8.58. The number of methoxy groups -OCH3 is 1. The monoisotopic (exact) mass is 348 g/mol. The van der Waals surface area contributed by atoms with Gasteiger partial charge in [-0.2, -0.15) is 0 Å². The molecule has 1 amide bonds. The molecule has 0 saturated carbocycles. The second-order valence-corrected chi connectivity index (χ2v) is 5.58. The number of anilines is 3. The van der Waals surface area contributed by atoms with Gasteiger partial charge < -0.3 is 20.1 Å². The van der Waals surface area contributed by atoms with Crippen molar-refractivity contribution in [1.29, 1.82) is 0 Å². The van der Waals surface area contributed by atoms with Crippen LogP contribution in [0.3, 0.4) is 0 Å². The van der Waals surface area contributed by atoms with E-state index in [0.717, 1.165) is 17.1 Å². The van der Waals surface area contributed by atoms with E-state index in [1.54, 1.807) is 7.11 Å². The number of nitrogens with one attached hydrogen (secondary N) is 2. The third-order valence-electron chi connectivity index (χ3n) is 3.64. The summed E-state index contributed by atoms with van der Waals surface area (Å²) in [6.45, 7) is -0.0339. The largest absolute Gasteiger partial charge is 0.497 e. The minimum absolute atomic E-state index is 0.0339. The van der Waals surface area contributed by atoms with Crippen LogP contribution in [0.1, 0.15) is 0 Å². The Labute approximate surface area is 152 Å². The van der Waals surface area contributed by atoms with E-state index < -0.39 is 0 Å². The number of ether oxygens (including phenoxy) is 2. The van der Waals surface area contributed by atoms with Gasteiger partial charge >= 0.3 is 0 Å². The normalized spacial score (nSPS) is 10.0. The van der Waals surface area contributed by atoms with Crippen LogP contribution in [0.2, 0.25) is 0 Å². The molecule has 0 aliphatic heterocycles. The van der Waals surface area contributed by atoms with E-state index in [4.69, 9.17) is 9.47 Å². The minimum atomic E-state index is -0.206. The molecule has 3 aromatic rings. The lowest BCUT2D eigenvalue weighted by Crippen LogP contribution is -2.20. The molecule has 0 heterocycles. The smallest absolute Gasteiger partial charge is 0.262 e. The van der Waals surface area contributed by atoms with E-state index in [-0.39, 0.29) is 12.5 Å². The zero-order valence-corrected chi connectivity index (χ0v) is 14.4. The lowest BCUT2D eigenvalue weighted by molar-refractivity contribution is -0.118. The van der Waals surface area contributed by atoms with Crippen LogP contribution in [-0.4, -0.2) is 19.6 Å². The summed E-state index contributed by atoms with van der Waals surface area (Å²) in [4.78, 5) is 12.0. The molecule has 132 valence electrons. The molecule has 0 aromatic heterocycles. The molecule has 0 radical (unpaired) electrons. The summed E-state index contributed by atoms with van der Waals surface area (Å²) in [5.41, 5.74) is 2.55.